The smallest absolute Gasteiger partial charge is 0.347 e. The van der Waals surface area contributed by atoms with Gasteiger partial charge in [0.25, 0.3) is 5.56 Å². The molecule has 6 heteroatoms. The van der Waals surface area contributed by atoms with E-state index in [1.165, 1.54) is 17.5 Å². The van der Waals surface area contributed by atoms with Crippen molar-refractivity contribution in [1.82, 2.24) is 9.78 Å². The summed E-state index contributed by atoms with van der Waals surface area (Å²) in [7, 11) is 0. The number of aromatic nitrogens is 2. The molecule has 0 saturated heterocycles. The lowest BCUT2D eigenvalue weighted by molar-refractivity contribution is 0.0518. The second-order valence-electron chi connectivity index (χ2n) is 7.21. The molecule has 25 heavy (non-hydrogen) atoms. The van der Waals surface area contributed by atoms with Crippen molar-refractivity contribution in [2.24, 2.45) is 0 Å². The zero-order valence-corrected chi connectivity index (χ0v) is 15.0. The fourth-order valence-corrected chi connectivity index (χ4v) is 4.16. The topological polar surface area (TPSA) is 81.4 Å². The molecule has 2 fully saturated rings. The molecule has 1 aromatic heterocycles. The molecular weight excluding hydrogens is 320 g/mol. The summed E-state index contributed by atoms with van der Waals surface area (Å²) in [5.74, 6) is -0.895. The van der Waals surface area contributed by atoms with Crippen LogP contribution in [0.1, 0.15) is 99.1 Å². The summed E-state index contributed by atoms with van der Waals surface area (Å²) in [6.45, 7) is 1.86. The van der Waals surface area contributed by atoms with Crippen LogP contribution in [0, 0.1) is 0 Å². The summed E-state index contributed by atoms with van der Waals surface area (Å²) < 4.78 is 6.50. The molecule has 138 valence electrons. The lowest BCUT2D eigenvalue weighted by Gasteiger charge is -2.27. The van der Waals surface area contributed by atoms with E-state index < -0.39 is 11.5 Å². The first kappa shape index (κ1) is 18.0. The third-order valence-electron chi connectivity index (χ3n) is 5.51. The molecule has 3 rings (SSSR count). The Morgan fingerprint density at radius 1 is 1.12 bits per heavy atom. The van der Waals surface area contributed by atoms with Crippen LogP contribution in [0.4, 0.5) is 0 Å². The van der Waals surface area contributed by atoms with Crippen molar-refractivity contribution in [3.63, 3.8) is 0 Å². The number of hydrogen-bond acceptors (Lipinski definition) is 5. The van der Waals surface area contributed by atoms with Gasteiger partial charge in [0.2, 0.25) is 0 Å². The number of ether oxygens (including phenoxy) is 1. The Bertz CT molecular complexity index is 671. The van der Waals surface area contributed by atoms with E-state index in [1.54, 1.807) is 6.92 Å². The molecule has 2 aliphatic rings. The highest BCUT2D eigenvalue weighted by atomic mass is 16.5. The SMILES string of the molecule is CCOC(=O)c1c(O)c(C2CCCCC2)nn(C2CCCCC2)c1=O. The van der Waals surface area contributed by atoms with Gasteiger partial charge in [0.1, 0.15) is 5.69 Å². The highest BCUT2D eigenvalue weighted by Gasteiger charge is 2.31. The van der Waals surface area contributed by atoms with Gasteiger partial charge in [-0.25, -0.2) is 9.48 Å². The zero-order valence-electron chi connectivity index (χ0n) is 15.0. The maximum Gasteiger partial charge on any atom is 0.347 e. The fourth-order valence-electron chi connectivity index (χ4n) is 4.16. The molecule has 0 aromatic carbocycles. The lowest BCUT2D eigenvalue weighted by atomic mass is 9.86. The summed E-state index contributed by atoms with van der Waals surface area (Å²) in [6, 6.07) is 0.0115. The molecule has 2 aliphatic carbocycles. The Hall–Kier alpha value is -1.85. The number of aromatic hydroxyl groups is 1. The van der Waals surface area contributed by atoms with E-state index in [0.29, 0.717) is 5.69 Å². The van der Waals surface area contributed by atoms with Gasteiger partial charge >= 0.3 is 5.97 Å². The summed E-state index contributed by atoms with van der Waals surface area (Å²) in [6.07, 6.45) is 10.3. The maximum absolute atomic E-state index is 12.9. The Labute approximate surface area is 148 Å². The van der Waals surface area contributed by atoms with Crippen LogP contribution in [-0.2, 0) is 4.74 Å². The number of esters is 1. The van der Waals surface area contributed by atoms with Gasteiger partial charge in [0.05, 0.1) is 12.6 Å². The van der Waals surface area contributed by atoms with E-state index in [9.17, 15) is 14.7 Å². The summed E-state index contributed by atoms with van der Waals surface area (Å²) >= 11 is 0. The Balaban J connectivity index is 2.08. The molecule has 0 atom stereocenters. The van der Waals surface area contributed by atoms with Crippen LogP contribution in [0.15, 0.2) is 4.79 Å². The van der Waals surface area contributed by atoms with Crippen molar-refractivity contribution in [1.29, 1.82) is 0 Å². The summed E-state index contributed by atoms with van der Waals surface area (Å²) in [5, 5.41) is 15.2. The highest BCUT2D eigenvalue weighted by molar-refractivity contribution is 5.92. The van der Waals surface area contributed by atoms with Gasteiger partial charge in [-0.05, 0) is 32.6 Å². The molecule has 0 unspecified atom stereocenters. The Morgan fingerprint density at radius 3 is 2.32 bits per heavy atom. The van der Waals surface area contributed by atoms with E-state index in [-0.39, 0.29) is 29.9 Å². The summed E-state index contributed by atoms with van der Waals surface area (Å²) in [5.41, 5.74) is -0.238. The third-order valence-corrected chi connectivity index (χ3v) is 5.51. The molecule has 6 nitrogen and oxygen atoms in total. The van der Waals surface area contributed by atoms with Gasteiger partial charge in [-0.15, -0.1) is 0 Å². The molecule has 1 N–H and O–H groups in total. The average molecular weight is 348 g/mol. The second-order valence-corrected chi connectivity index (χ2v) is 7.21. The first-order chi connectivity index (χ1) is 12.1. The first-order valence-electron chi connectivity index (χ1n) is 9.66. The Kier molecular flexibility index (Phi) is 5.76. The molecule has 0 spiro atoms. The van der Waals surface area contributed by atoms with Gasteiger partial charge in [-0.2, -0.15) is 5.10 Å². The number of nitrogens with zero attached hydrogens (tertiary/aromatic N) is 2. The third kappa shape index (κ3) is 3.72. The average Bonchev–Trinajstić information content (AvgIpc) is 2.64. The molecule has 1 aromatic rings. The largest absolute Gasteiger partial charge is 0.505 e. The van der Waals surface area contributed by atoms with E-state index in [0.717, 1.165) is 51.4 Å². The molecule has 0 amide bonds. The van der Waals surface area contributed by atoms with E-state index >= 15 is 0 Å². The van der Waals surface area contributed by atoms with Gasteiger partial charge in [-0.1, -0.05) is 38.5 Å². The van der Waals surface area contributed by atoms with Crippen molar-refractivity contribution in [3.8, 4) is 5.75 Å². The van der Waals surface area contributed by atoms with Crippen LogP contribution in [0.25, 0.3) is 0 Å². The monoisotopic (exact) mass is 348 g/mol. The van der Waals surface area contributed by atoms with Crippen LogP contribution < -0.4 is 5.56 Å². The minimum Gasteiger partial charge on any atom is -0.505 e. The minimum atomic E-state index is -0.742. The first-order valence-corrected chi connectivity index (χ1v) is 9.66. The fraction of sp³-hybridized carbons (Fsp3) is 0.737. The van der Waals surface area contributed by atoms with Crippen molar-refractivity contribution < 1.29 is 14.6 Å². The quantitative estimate of drug-likeness (QED) is 0.840. The van der Waals surface area contributed by atoms with Gasteiger partial charge < -0.3 is 9.84 Å². The zero-order chi connectivity index (χ0) is 17.8. The summed E-state index contributed by atoms with van der Waals surface area (Å²) in [4.78, 5) is 25.2. The highest BCUT2D eigenvalue weighted by Crippen LogP contribution is 2.37. The predicted molar refractivity (Wildman–Crippen MR) is 94.1 cm³/mol. The standard InChI is InChI=1S/C19H28N2O4/c1-2-25-19(24)15-17(22)16(13-9-5-3-6-10-13)20-21(18(15)23)14-11-7-4-8-12-14/h13-14,22H,2-12H2,1H3. The predicted octanol–water partition coefficient (Wildman–Crippen LogP) is 3.68. The molecule has 2 saturated carbocycles. The number of carbonyl (C=O) groups excluding carboxylic acids is 1. The van der Waals surface area contributed by atoms with Crippen LogP contribution in [-0.4, -0.2) is 27.5 Å². The number of rotatable bonds is 4. The maximum atomic E-state index is 12.9. The van der Waals surface area contributed by atoms with Gasteiger partial charge in [0, 0.05) is 5.92 Å². The number of carbonyl (C=O) groups is 1. The number of hydrogen-bond donors (Lipinski definition) is 1. The second kappa shape index (κ2) is 8.02. The molecule has 0 radical (unpaired) electrons. The van der Waals surface area contributed by atoms with E-state index in [2.05, 4.69) is 5.10 Å². The van der Waals surface area contributed by atoms with Crippen molar-refractivity contribution in [2.75, 3.05) is 6.61 Å². The lowest BCUT2D eigenvalue weighted by Crippen LogP contribution is -2.35. The molecule has 0 bridgehead atoms. The van der Waals surface area contributed by atoms with Crippen molar-refractivity contribution >= 4 is 5.97 Å². The van der Waals surface area contributed by atoms with Crippen LogP contribution in [0.3, 0.4) is 0 Å². The van der Waals surface area contributed by atoms with Crippen LogP contribution >= 0.6 is 0 Å². The van der Waals surface area contributed by atoms with Crippen LogP contribution in [0.5, 0.6) is 5.75 Å². The minimum absolute atomic E-state index is 0.0115. The molecular formula is C19H28N2O4. The van der Waals surface area contributed by atoms with Crippen LogP contribution in [0.2, 0.25) is 0 Å². The van der Waals surface area contributed by atoms with Gasteiger partial charge in [-0.3, -0.25) is 4.79 Å². The normalized spacial score (nSPS) is 19.7. The van der Waals surface area contributed by atoms with Crippen molar-refractivity contribution in [3.05, 3.63) is 21.6 Å². The van der Waals surface area contributed by atoms with E-state index in [1.807, 2.05) is 0 Å². The molecule has 0 aliphatic heterocycles. The Morgan fingerprint density at radius 2 is 1.72 bits per heavy atom. The molecule has 1 heterocycles. The van der Waals surface area contributed by atoms with E-state index in [4.69, 9.17) is 4.74 Å². The van der Waals surface area contributed by atoms with Gasteiger partial charge in [0.15, 0.2) is 11.3 Å². The van der Waals surface area contributed by atoms with Crippen molar-refractivity contribution in [2.45, 2.75) is 83.1 Å².